The van der Waals surface area contributed by atoms with Crippen molar-refractivity contribution < 1.29 is 9.13 Å². The van der Waals surface area contributed by atoms with Crippen LogP contribution >= 0.6 is 0 Å². The fraction of sp³-hybridized carbons (Fsp3) is 0.647. The Kier molecular flexibility index (Phi) is 5.41. The zero-order chi connectivity index (χ0) is 14.5. The summed E-state index contributed by atoms with van der Waals surface area (Å²) in [5, 5.41) is 0. The first kappa shape index (κ1) is 15.3. The Morgan fingerprint density at radius 1 is 1.30 bits per heavy atom. The molecule has 0 radical (unpaired) electrons. The lowest BCUT2D eigenvalue weighted by Crippen LogP contribution is -2.25. The van der Waals surface area contributed by atoms with Gasteiger partial charge in [0, 0.05) is 6.04 Å². The van der Waals surface area contributed by atoms with Gasteiger partial charge in [-0.2, -0.15) is 0 Å². The van der Waals surface area contributed by atoms with E-state index in [0.717, 1.165) is 36.5 Å². The molecule has 1 unspecified atom stereocenters. The van der Waals surface area contributed by atoms with Crippen molar-refractivity contribution in [2.24, 2.45) is 11.7 Å². The van der Waals surface area contributed by atoms with E-state index >= 15 is 0 Å². The van der Waals surface area contributed by atoms with Crippen LogP contribution in [0.3, 0.4) is 0 Å². The van der Waals surface area contributed by atoms with Gasteiger partial charge in [-0.15, -0.1) is 0 Å². The van der Waals surface area contributed by atoms with Gasteiger partial charge in [-0.05, 0) is 68.2 Å². The Morgan fingerprint density at radius 2 is 2.00 bits per heavy atom. The maximum Gasteiger partial charge on any atom is 0.123 e. The van der Waals surface area contributed by atoms with Crippen molar-refractivity contribution in [1.29, 1.82) is 0 Å². The zero-order valence-corrected chi connectivity index (χ0v) is 12.6. The molecule has 2 rings (SSSR count). The molecule has 0 bridgehead atoms. The molecule has 20 heavy (non-hydrogen) atoms. The highest BCUT2D eigenvalue weighted by Crippen LogP contribution is 2.29. The van der Waals surface area contributed by atoms with Crippen LogP contribution in [0, 0.1) is 11.7 Å². The summed E-state index contributed by atoms with van der Waals surface area (Å²) in [5.74, 6) is 1.40. The van der Waals surface area contributed by atoms with E-state index in [4.69, 9.17) is 10.5 Å². The van der Waals surface area contributed by atoms with E-state index in [1.165, 1.54) is 18.9 Å². The normalized spacial score (nSPS) is 24.4. The monoisotopic (exact) mass is 279 g/mol. The molecule has 0 spiro atoms. The number of hydrogen-bond donors (Lipinski definition) is 1. The third kappa shape index (κ3) is 4.20. The molecule has 1 aromatic rings. The number of rotatable bonds is 5. The van der Waals surface area contributed by atoms with E-state index in [-0.39, 0.29) is 18.0 Å². The first-order chi connectivity index (χ1) is 9.58. The van der Waals surface area contributed by atoms with Crippen LogP contribution < -0.4 is 10.5 Å². The summed E-state index contributed by atoms with van der Waals surface area (Å²) in [5.41, 5.74) is 6.90. The molecule has 0 amide bonds. The van der Waals surface area contributed by atoms with Crippen molar-refractivity contribution in [3.63, 3.8) is 0 Å². The van der Waals surface area contributed by atoms with E-state index < -0.39 is 0 Å². The summed E-state index contributed by atoms with van der Waals surface area (Å²) in [6.07, 6.45) is 6.46. The minimum atomic E-state index is -0.215. The summed E-state index contributed by atoms with van der Waals surface area (Å²) < 4.78 is 19.5. The molecule has 1 atom stereocenters. The first-order valence-electron chi connectivity index (χ1n) is 7.79. The van der Waals surface area contributed by atoms with Gasteiger partial charge in [0.05, 0.1) is 6.10 Å². The van der Waals surface area contributed by atoms with Gasteiger partial charge in [0.25, 0.3) is 0 Å². The van der Waals surface area contributed by atoms with Crippen molar-refractivity contribution in [2.45, 2.75) is 64.5 Å². The number of halogens is 1. The van der Waals surface area contributed by atoms with Crippen molar-refractivity contribution in [3.05, 3.63) is 29.6 Å². The molecule has 1 aliphatic rings. The predicted molar refractivity (Wildman–Crippen MR) is 80.4 cm³/mol. The molecule has 0 aliphatic heterocycles. The maximum atomic E-state index is 13.4. The summed E-state index contributed by atoms with van der Waals surface area (Å²) in [4.78, 5) is 0. The second-order valence-electron chi connectivity index (χ2n) is 6.12. The zero-order valence-electron chi connectivity index (χ0n) is 12.6. The Bertz CT molecular complexity index is 427. The minimum absolute atomic E-state index is 0.0607. The number of benzene rings is 1. The van der Waals surface area contributed by atoms with Crippen molar-refractivity contribution >= 4 is 0 Å². The average Bonchev–Trinajstić information content (AvgIpc) is 2.44. The SMILES string of the molecule is CCC(N)Cc1cc(F)ccc1OC1CCC(C)CC1. The summed E-state index contributed by atoms with van der Waals surface area (Å²) in [6, 6.07) is 4.86. The molecule has 1 aliphatic carbocycles. The van der Waals surface area contributed by atoms with Crippen molar-refractivity contribution in [3.8, 4) is 5.75 Å². The van der Waals surface area contributed by atoms with Gasteiger partial charge < -0.3 is 10.5 Å². The Morgan fingerprint density at radius 3 is 2.65 bits per heavy atom. The van der Waals surface area contributed by atoms with Gasteiger partial charge in [0.1, 0.15) is 11.6 Å². The van der Waals surface area contributed by atoms with Crippen LogP contribution in [0.25, 0.3) is 0 Å². The molecule has 2 nitrogen and oxygen atoms in total. The lowest BCUT2D eigenvalue weighted by atomic mass is 9.89. The molecule has 3 heteroatoms. The third-order valence-electron chi connectivity index (χ3n) is 4.29. The van der Waals surface area contributed by atoms with Crippen LogP contribution in [0.2, 0.25) is 0 Å². The fourth-order valence-electron chi connectivity index (χ4n) is 2.78. The fourth-order valence-corrected chi connectivity index (χ4v) is 2.78. The average molecular weight is 279 g/mol. The largest absolute Gasteiger partial charge is 0.490 e. The molecule has 112 valence electrons. The predicted octanol–water partition coefficient (Wildman–Crippen LogP) is 4.06. The van der Waals surface area contributed by atoms with E-state index in [1.54, 1.807) is 12.1 Å². The van der Waals surface area contributed by atoms with Crippen LogP contribution in [0.15, 0.2) is 18.2 Å². The van der Waals surface area contributed by atoms with Crippen LogP contribution in [-0.4, -0.2) is 12.1 Å². The summed E-state index contributed by atoms with van der Waals surface area (Å²) in [7, 11) is 0. The molecular weight excluding hydrogens is 253 g/mol. The molecule has 0 saturated heterocycles. The molecule has 0 heterocycles. The Balaban J connectivity index is 2.06. The van der Waals surface area contributed by atoms with E-state index in [0.29, 0.717) is 6.42 Å². The maximum absolute atomic E-state index is 13.4. The van der Waals surface area contributed by atoms with E-state index in [9.17, 15) is 4.39 Å². The van der Waals surface area contributed by atoms with Crippen molar-refractivity contribution in [2.75, 3.05) is 0 Å². The topological polar surface area (TPSA) is 35.2 Å². The lowest BCUT2D eigenvalue weighted by Gasteiger charge is -2.28. The number of hydrogen-bond acceptors (Lipinski definition) is 2. The minimum Gasteiger partial charge on any atom is -0.490 e. The molecule has 1 fully saturated rings. The highest BCUT2D eigenvalue weighted by molar-refractivity contribution is 5.35. The molecule has 1 saturated carbocycles. The third-order valence-corrected chi connectivity index (χ3v) is 4.29. The van der Waals surface area contributed by atoms with Gasteiger partial charge in [0.15, 0.2) is 0 Å². The molecule has 2 N–H and O–H groups in total. The van der Waals surface area contributed by atoms with Gasteiger partial charge in [-0.25, -0.2) is 4.39 Å². The summed E-state index contributed by atoms with van der Waals surface area (Å²) in [6.45, 7) is 4.34. The van der Waals surface area contributed by atoms with Crippen LogP contribution in [-0.2, 0) is 6.42 Å². The van der Waals surface area contributed by atoms with Gasteiger partial charge >= 0.3 is 0 Å². The van der Waals surface area contributed by atoms with Crippen molar-refractivity contribution in [1.82, 2.24) is 0 Å². The molecule has 0 aromatic heterocycles. The lowest BCUT2D eigenvalue weighted by molar-refractivity contribution is 0.134. The van der Waals surface area contributed by atoms with E-state index in [1.807, 2.05) is 6.92 Å². The van der Waals surface area contributed by atoms with Crippen LogP contribution in [0.1, 0.15) is 51.5 Å². The van der Waals surface area contributed by atoms with Gasteiger partial charge in [-0.1, -0.05) is 13.8 Å². The number of nitrogens with two attached hydrogens (primary N) is 1. The second-order valence-corrected chi connectivity index (χ2v) is 6.12. The van der Waals surface area contributed by atoms with Crippen LogP contribution in [0.5, 0.6) is 5.75 Å². The molecule has 1 aromatic carbocycles. The standard InChI is InChI=1S/C17H26FNO/c1-3-15(19)11-13-10-14(18)6-9-17(13)20-16-7-4-12(2)5-8-16/h6,9-10,12,15-16H,3-5,7-8,11,19H2,1-2H3. The highest BCUT2D eigenvalue weighted by Gasteiger charge is 2.21. The highest BCUT2D eigenvalue weighted by atomic mass is 19.1. The van der Waals surface area contributed by atoms with Crippen LogP contribution in [0.4, 0.5) is 4.39 Å². The van der Waals surface area contributed by atoms with E-state index in [2.05, 4.69) is 6.92 Å². The second kappa shape index (κ2) is 7.07. The smallest absolute Gasteiger partial charge is 0.123 e. The summed E-state index contributed by atoms with van der Waals surface area (Å²) >= 11 is 0. The molecular formula is C17H26FNO. The first-order valence-corrected chi connectivity index (χ1v) is 7.79. The van der Waals surface area contributed by atoms with Gasteiger partial charge in [0.2, 0.25) is 0 Å². The quantitative estimate of drug-likeness (QED) is 0.882. The number of ether oxygens (including phenoxy) is 1. The Hall–Kier alpha value is -1.09. The van der Waals surface area contributed by atoms with Gasteiger partial charge in [-0.3, -0.25) is 0 Å². The Labute approximate surface area is 121 Å².